The Morgan fingerprint density at radius 1 is 1.03 bits per heavy atom. The van der Waals surface area contributed by atoms with E-state index in [9.17, 15) is 14.4 Å². The Labute approximate surface area is 184 Å². The van der Waals surface area contributed by atoms with Crippen LogP contribution in [0.2, 0.25) is 0 Å². The van der Waals surface area contributed by atoms with Gasteiger partial charge in [0.1, 0.15) is 6.04 Å². The first-order chi connectivity index (χ1) is 15.0. The Morgan fingerprint density at radius 2 is 1.84 bits per heavy atom. The van der Waals surface area contributed by atoms with E-state index in [1.165, 1.54) is 12.3 Å². The van der Waals surface area contributed by atoms with Gasteiger partial charge in [-0.2, -0.15) is 0 Å². The molecule has 0 saturated heterocycles. The number of rotatable bonds is 9. The molecule has 3 aromatic rings. The largest absolute Gasteiger partial charge is 0.459 e. The van der Waals surface area contributed by atoms with Crippen molar-refractivity contribution >= 4 is 35.2 Å². The standard InChI is InChI=1S/C23H22N2O5S/c1-31-18-10-5-9-17(14-18)24-21(26)15-30-23(28)19(13-16-7-3-2-4-8-16)25-22(27)20-11-6-12-29-20/h2-12,14,19H,13,15H2,1H3,(H,24,26)(H,25,27)/t19-/m0/s1. The summed E-state index contributed by atoms with van der Waals surface area (Å²) >= 11 is 1.55. The highest BCUT2D eigenvalue weighted by molar-refractivity contribution is 7.98. The molecule has 31 heavy (non-hydrogen) atoms. The van der Waals surface area contributed by atoms with E-state index in [-0.39, 0.29) is 12.2 Å². The number of carbonyl (C=O) groups excluding carboxylic acids is 3. The van der Waals surface area contributed by atoms with Crippen LogP contribution in [-0.4, -0.2) is 36.7 Å². The summed E-state index contributed by atoms with van der Waals surface area (Å²) in [5.41, 5.74) is 1.45. The van der Waals surface area contributed by atoms with Gasteiger partial charge >= 0.3 is 5.97 Å². The molecule has 7 nitrogen and oxygen atoms in total. The zero-order valence-corrected chi connectivity index (χ0v) is 17.7. The molecule has 0 radical (unpaired) electrons. The average Bonchev–Trinajstić information content (AvgIpc) is 3.33. The minimum Gasteiger partial charge on any atom is -0.459 e. The first-order valence-electron chi connectivity index (χ1n) is 9.54. The molecule has 0 saturated carbocycles. The van der Waals surface area contributed by atoms with Gasteiger partial charge in [0.25, 0.3) is 11.8 Å². The molecule has 2 aromatic carbocycles. The number of furan rings is 1. The first kappa shape index (κ1) is 22.2. The number of hydrogen-bond acceptors (Lipinski definition) is 6. The quantitative estimate of drug-likeness (QED) is 0.392. The zero-order valence-electron chi connectivity index (χ0n) is 16.9. The highest BCUT2D eigenvalue weighted by Gasteiger charge is 2.25. The highest BCUT2D eigenvalue weighted by Crippen LogP contribution is 2.18. The first-order valence-corrected chi connectivity index (χ1v) is 10.8. The molecule has 3 rings (SSSR count). The second-order valence-electron chi connectivity index (χ2n) is 6.58. The molecule has 0 spiro atoms. The van der Waals surface area contributed by atoms with Gasteiger partial charge in [-0.05, 0) is 42.2 Å². The molecule has 2 amide bonds. The van der Waals surface area contributed by atoms with Gasteiger partial charge < -0.3 is 19.8 Å². The summed E-state index contributed by atoms with van der Waals surface area (Å²) in [5.74, 6) is -1.64. The lowest BCUT2D eigenvalue weighted by atomic mass is 10.1. The van der Waals surface area contributed by atoms with Crippen molar-refractivity contribution in [2.75, 3.05) is 18.2 Å². The second kappa shape index (κ2) is 11.0. The molecule has 1 heterocycles. The minimum absolute atomic E-state index is 0.0808. The molecule has 0 unspecified atom stereocenters. The Balaban J connectivity index is 1.61. The molecule has 0 fully saturated rings. The molecule has 2 N–H and O–H groups in total. The number of hydrogen-bond donors (Lipinski definition) is 2. The van der Waals surface area contributed by atoms with E-state index in [4.69, 9.17) is 9.15 Å². The third-order valence-electron chi connectivity index (χ3n) is 4.32. The van der Waals surface area contributed by atoms with Gasteiger partial charge in [0.05, 0.1) is 6.26 Å². The second-order valence-corrected chi connectivity index (χ2v) is 7.46. The number of benzene rings is 2. The van der Waals surface area contributed by atoms with Crippen LogP contribution < -0.4 is 10.6 Å². The van der Waals surface area contributed by atoms with E-state index < -0.39 is 30.4 Å². The van der Waals surface area contributed by atoms with Gasteiger partial charge in [0.15, 0.2) is 12.4 Å². The van der Waals surface area contributed by atoms with Gasteiger partial charge in [-0.1, -0.05) is 36.4 Å². The number of amides is 2. The third-order valence-corrected chi connectivity index (χ3v) is 5.04. The van der Waals surface area contributed by atoms with Crippen LogP contribution in [-0.2, 0) is 20.7 Å². The maximum absolute atomic E-state index is 12.7. The van der Waals surface area contributed by atoms with Crippen molar-refractivity contribution in [3.8, 4) is 0 Å². The van der Waals surface area contributed by atoms with Gasteiger partial charge in [-0.15, -0.1) is 11.8 Å². The topological polar surface area (TPSA) is 97.6 Å². The molecule has 1 atom stereocenters. The Bertz CT molecular complexity index is 1020. The number of anilines is 1. The van der Waals surface area contributed by atoms with Gasteiger partial charge in [0.2, 0.25) is 0 Å². The molecule has 8 heteroatoms. The van der Waals surface area contributed by atoms with Crippen molar-refractivity contribution in [1.29, 1.82) is 0 Å². The lowest BCUT2D eigenvalue weighted by Crippen LogP contribution is -2.44. The predicted molar refractivity (Wildman–Crippen MR) is 118 cm³/mol. The number of ether oxygens (including phenoxy) is 1. The Hall–Kier alpha value is -3.52. The van der Waals surface area contributed by atoms with Gasteiger partial charge in [-0.3, -0.25) is 9.59 Å². The van der Waals surface area contributed by atoms with E-state index in [0.717, 1.165) is 10.5 Å². The van der Waals surface area contributed by atoms with Gasteiger partial charge in [-0.25, -0.2) is 4.79 Å². The van der Waals surface area contributed by atoms with Gasteiger partial charge in [0, 0.05) is 17.0 Å². The Morgan fingerprint density at radius 3 is 2.55 bits per heavy atom. The maximum atomic E-state index is 12.7. The lowest BCUT2D eigenvalue weighted by molar-refractivity contribution is -0.149. The normalized spacial score (nSPS) is 11.4. The molecule has 0 aliphatic heterocycles. The monoisotopic (exact) mass is 438 g/mol. The van der Waals surface area contributed by atoms with Crippen molar-refractivity contribution < 1.29 is 23.5 Å². The summed E-state index contributed by atoms with van der Waals surface area (Å²) in [6.07, 6.45) is 3.52. The average molecular weight is 439 g/mol. The number of esters is 1. The van der Waals surface area contributed by atoms with Crippen LogP contribution in [0.3, 0.4) is 0 Å². The summed E-state index contributed by atoms with van der Waals surface area (Å²) in [7, 11) is 0. The molecular weight excluding hydrogens is 416 g/mol. The van der Waals surface area contributed by atoms with Crippen LogP contribution >= 0.6 is 11.8 Å². The van der Waals surface area contributed by atoms with E-state index in [1.54, 1.807) is 23.9 Å². The molecular formula is C23H22N2O5S. The third kappa shape index (κ3) is 6.75. The summed E-state index contributed by atoms with van der Waals surface area (Å²) in [4.78, 5) is 38.2. The van der Waals surface area contributed by atoms with E-state index >= 15 is 0 Å². The molecule has 1 aromatic heterocycles. The SMILES string of the molecule is CSc1cccc(NC(=O)COC(=O)[C@H](Cc2ccccc2)NC(=O)c2ccco2)c1. The smallest absolute Gasteiger partial charge is 0.329 e. The molecule has 0 aliphatic rings. The zero-order chi connectivity index (χ0) is 22.1. The van der Waals surface area contributed by atoms with Crippen molar-refractivity contribution in [3.05, 3.63) is 84.3 Å². The summed E-state index contributed by atoms with van der Waals surface area (Å²) < 4.78 is 10.3. The van der Waals surface area contributed by atoms with Crippen LogP contribution in [0, 0.1) is 0 Å². The van der Waals surface area contributed by atoms with Crippen molar-refractivity contribution in [2.45, 2.75) is 17.4 Å². The van der Waals surface area contributed by atoms with Crippen LogP contribution in [0.15, 0.2) is 82.3 Å². The highest BCUT2D eigenvalue weighted by atomic mass is 32.2. The van der Waals surface area contributed by atoms with Crippen molar-refractivity contribution in [1.82, 2.24) is 5.32 Å². The fourth-order valence-corrected chi connectivity index (χ4v) is 3.27. The summed E-state index contributed by atoms with van der Waals surface area (Å²) in [5, 5.41) is 5.31. The Kier molecular flexibility index (Phi) is 7.89. The van der Waals surface area contributed by atoms with Crippen LogP contribution in [0.25, 0.3) is 0 Å². The van der Waals surface area contributed by atoms with E-state index in [2.05, 4.69) is 10.6 Å². The van der Waals surface area contributed by atoms with Crippen LogP contribution in [0.1, 0.15) is 16.1 Å². The molecule has 0 bridgehead atoms. The predicted octanol–water partition coefficient (Wildman–Crippen LogP) is 3.52. The minimum atomic E-state index is -0.979. The van der Waals surface area contributed by atoms with E-state index in [0.29, 0.717) is 5.69 Å². The van der Waals surface area contributed by atoms with E-state index in [1.807, 2.05) is 54.8 Å². The number of carbonyl (C=O) groups is 3. The summed E-state index contributed by atoms with van der Waals surface area (Å²) in [6.45, 7) is -0.468. The summed E-state index contributed by atoms with van der Waals surface area (Å²) in [6, 6.07) is 18.6. The number of thioether (sulfide) groups is 1. The molecule has 160 valence electrons. The fourth-order valence-electron chi connectivity index (χ4n) is 2.82. The fraction of sp³-hybridized carbons (Fsp3) is 0.174. The van der Waals surface area contributed by atoms with Crippen molar-refractivity contribution in [2.24, 2.45) is 0 Å². The van der Waals surface area contributed by atoms with Crippen LogP contribution in [0.4, 0.5) is 5.69 Å². The van der Waals surface area contributed by atoms with Crippen molar-refractivity contribution in [3.63, 3.8) is 0 Å². The van der Waals surface area contributed by atoms with Crippen LogP contribution in [0.5, 0.6) is 0 Å². The maximum Gasteiger partial charge on any atom is 0.329 e. The number of nitrogens with one attached hydrogen (secondary N) is 2. The molecule has 0 aliphatic carbocycles. The lowest BCUT2D eigenvalue weighted by Gasteiger charge is -2.17.